The van der Waals surface area contributed by atoms with E-state index in [-0.39, 0.29) is 11.8 Å². The molecule has 0 bridgehead atoms. The lowest BCUT2D eigenvalue weighted by atomic mass is 9.87. The molecule has 0 saturated carbocycles. The Morgan fingerprint density at radius 1 is 1.03 bits per heavy atom. The van der Waals surface area contributed by atoms with Crippen LogP contribution in [0.15, 0.2) is 77.5 Å². The monoisotopic (exact) mass is 400 g/mol. The van der Waals surface area contributed by atoms with Crippen LogP contribution in [0.2, 0.25) is 0 Å². The van der Waals surface area contributed by atoms with Gasteiger partial charge in [0, 0.05) is 30.5 Å². The van der Waals surface area contributed by atoms with E-state index in [9.17, 15) is 4.79 Å². The van der Waals surface area contributed by atoms with Gasteiger partial charge in [-0.25, -0.2) is 0 Å². The molecule has 154 valence electrons. The van der Waals surface area contributed by atoms with E-state index in [1.807, 2.05) is 30.3 Å². The van der Waals surface area contributed by atoms with Gasteiger partial charge >= 0.3 is 0 Å². The number of carbonyl (C=O) groups is 1. The van der Waals surface area contributed by atoms with E-state index in [1.54, 1.807) is 6.26 Å². The normalized spacial score (nSPS) is 12.2. The first-order valence-corrected chi connectivity index (χ1v) is 10.7. The molecule has 4 aromatic rings. The van der Waals surface area contributed by atoms with E-state index in [4.69, 9.17) is 4.42 Å². The van der Waals surface area contributed by atoms with E-state index in [1.165, 1.54) is 22.0 Å². The molecule has 0 aliphatic heterocycles. The summed E-state index contributed by atoms with van der Waals surface area (Å²) in [4.78, 5) is 12.9. The lowest BCUT2D eigenvalue weighted by molar-refractivity contribution is -0.121. The highest BCUT2D eigenvalue weighted by Gasteiger charge is 2.23. The summed E-state index contributed by atoms with van der Waals surface area (Å²) in [6.45, 7) is 5.67. The minimum Gasteiger partial charge on any atom is -0.467 e. The van der Waals surface area contributed by atoms with Crippen LogP contribution in [0.1, 0.15) is 48.6 Å². The molecule has 0 saturated heterocycles. The van der Waals surface area contributed by atoms with Crippen LogP contribution in [-0.4, -0.2) is 10.5 Å². The summed E-state index contributed by atoms with van der Waals surface area (Å²) in [7, 11) is 0. The predicted octanol–water partition coefficient (Wildman–Crippen LogP) is 5.66. The summed E-state index contributed by atoms with van der Waals surface area (Å²) >= 11 is 0. The third kappa shape index (κ3) is 4.04. The summed E-state index contributed by atoms with van der Waals surface area (Å²) < 4.78 is 7.66. The molecule has 1 unspecified atom stereocenters. The molecule has 0 fully saturated rings. The third-order valence-corrected chi connectivity index (χ3v) is 5.74. The molecule has 0 spiro atoms. The molecule has 1 N–H and O–H groups in total. The molecule has 4 rings (SSSR count). The fourth-order valence-electron chi connectivity index (χ4n) is 4.23. The smallest absolute Gasteiger partial charge is 0.221 e. The van der Waals surface area contributed by atoms with Gasteiger partial charge in [0.25, 0.3) is 0 Å². The van der Waals surface area contributed by atoms with E-state index < -0.39 is 0 Å². The second-order valence-corrected chi connectivity index (χ2v) is 7.56. The van der Waals surface area contributed by atoms with Crippen LogP contribution in [0.3, 0.4) is 0 Å². The quantitative estimate of drug-likeness (QED) is 0.415. The van der Waals surface area contributed by atoms with E-state index in [2.05, 4.69) is 60.3 Å². The van der Waals surface area contributed by atoms with Crippen molar-refractivity contribution < 1.29 is 9.21 Å². The van der Waals surface area contributed by atoms with Gasteiger partial charge in [-0.15, -0.1) is 0 Å². The highest BCUT2D eigenvalue weighted by molar-refractivity contribution is 5.89. The SMILES string of the molecule is CCc1cccc2c(C(CC(=O)NCc3ccco3)c3ccccc3)cn(CC)c12. The van der Waals surface area contributed by atoms with Crippen LogP contribution in [0.4, 0.5) is 0 Å². The van der Waals surface area contributed by atoms with Crippen LogP contribution in [0, 0.1) is 0 Å². The van der Waals surface area contributed by atoms with Crippen molar-refractivity contribution >= 4 is 16.8 Å². The summed E-state index contributed by atoms with van der Waals surface area (Å²) in [5, 5.41) is 4.25. The Morgan fingerprint density at radius 3 is 2.57 bits per heavy atom. The highest BCUT2D eigenvalue weighted by Crippen LogP contribution is 2.36. The average Bonchev–Trinajstić information content (AvgIpc) is 3.44. The third-order valence-electron chi connectivity index (χ3n) is 5.74. The van der Waals surface area contributed by atoms with Crippen LogP contribution < -0.4 is 5.32 Å². The Hall–Kier alpha value is -3.27. The highest BCUT2D eigenvalue weighted by atomic mass is 16.3. The molecule has 4 nitrogen and oxygen atoms in total. The van der Waals surface area contributed by atoms with Crippen LogP contribution in [0.25, 0.3) is 10.9 Å². The second-order valence-electron chi connectivity index (χ2n) is 7.56. The number of hydrogen-bond donors (Lipinski definition) is 1. The van der Waals surface area contributed by atoms with Crippen molar-refractivity contribution in [1.29, 1.82) is 0 Å². The van der Waals surface area contributed by atoms with E-state index >= 15 is 0 Å². The number of aryl methyl sites for hydroxylation is 2. The fourth-order valence-corrected chi connectivity index (χ4v) is 4.23. The Labute approximate surface area is 177 Å². The van der Waals surface area contributed by atoms with Gasteiger partial charge in [-0.2, -0.15) is 0 Å². The largest absolute Gasteiger partial charge is 0.467 e. The molecule has 0 aliphatic rings. The Balaban J connectivity index is 1.71. The number of carbonyl (C=O) groups excluding carboxylic acids is 1. The summed E-state index contributed by atoms with van der Waals surface area (Å²) in [5.41, 5.74) is 4.99. The molecule has 2 heterocycles. The van der Waals surface area contributed by atoms with Crippen molar-refractivity contribution in [2.45, 2.75) is 45.7 Å². The van der Waals surface area contributed by atoms with Gasteiger partial charge in [-0.3, -0.25) is 4.79 Å². The Kier molecular flexibility index (Phi) is 6.03. The molecule has 1 amide bonds. The van der Waals surface area contributed by atoms with Crippen molar-refractivity contribution in [2.75, 3.05) is 0 Å². The van der Waals surface area contributed by atoms with Crippen LogP contribution in [0.5, 0.6) is 0 Å². The van der Waals surface area contributed by atoms with Crippen LogP contribution >= 0.6 is 0 Å². The standard InChI is InChI=1S/C26H28N2O2/c1-3-19-12-8-14-22-24(18-28(4-2)26(19)22)23(20-10-6-5-7-11-20)16-25(29)27-17-21-13-9-15-30-21/h5-15,18,23H,3-4,16-17H2,1-2H3,(H,27,29). The lowest BCUT2D eigenvalue weighted by Gasteiger charge is -2.17. The fraction of sp³-hybridized carbons (Fsp3) is 0.269. The minimum absolute atomic E-state index is 0.00907. The molecule has 0 radical (unpaired) electrons. The molecule has 2 aromatic carbocycles. The average molecular weight is 401 g/mol. The van der Waals surface area contributed by atoms with E-state index in [0.717, 1.165) is 24.3 Å². The predicted molar refractivity (Wildman–Crippen MR) is 120 cm³/mol. The van der Waals surface area contributed by atoms with Gasteiger partial charge in [0.1, 0.15) is 5.76 Å². The van der Waals surface area contributed by atoms with E-state index in [0.29, 0.717) is 13.0 Å². The molecule has 1 atom stereocenters. The number of rotatable bonds is 8. The van der Waals surface area contributed by atoms with Crippen molar-refractivity contribution in [1.82, 2.24) is 9.88 Å². The van der Waals surface area contributed by atoms with Crippen molar-refractivity contribution in [3.8, 4) is 0 Å². The summed E-state index contributed by atoms with van der Waals surface area (Å²) in [6, 6.07) is 20.5. The number of hydrogen-bond acceptors (Lipinski definition) is 2. The molecule has 2 aromatic heterocycles. The Bertz CT molecular complexity index is 1110. The number of aromatic nitrogens is 1. The Morgan fingerprint density at radius 2 is 1.87 bits per heavy atom. The van der Waals surface area contributed by atoms with Crippen molar-refractivity contribution in [3.63, 3.8) is 0 Å². The zero-order valence-electron chi connectivity index (χ0n) is 17.6. The second kappa shape index (κ2) is 9.04. The zero-order valence-corrected chi connectivity index (χ0v) is 17.6. The van der Waals surface area contributed by atoms with Gasteiger partial charge in [0.05, 0.1) is 18.3 Å². The lowest BCUT2D eigenvalue weighted by Crippen LogP contribution is -2.24. The van der Waals surface area contributed by atoms with Gasteiger partial charge in [0.2, 0.25) is 5.91 Å². The number of benzene rings is 2. The number of amides is 1. The maximum absolute atomic E-state index is 12.9. The molecular weight excluding hydrogens is 372 g/mol. The molecule has 30 heavy (non-hydrogen) atoms. The van der Waals surface area contributed by atoms with Gasteiger partial charge < -0.3 is 14.3 Å². The summed E-state index contributed by atoms with van der Waals surface area (Å²) in [6.07, 6.45) is 5.24. The zero-order chi connectivity index (χ0) is 20.9. The first-order valence-electron chi connectivity index (χ1n) is 10.7. The summed E-state index contributed by atoms with van der Waals surface area (Å²) in [5.74, 6) is 0.768. The van der Waals surface area contributed by atoms with Gasteiger partial charge in [-0.05, 0) is 42.2 Å². The van der Waals surface area contributed by atoms with Crippen molar-refractivity contribution in [2.24, 2.45) is 0 Å². The number of fused-ring (bicyclic) bond motifs is 1. The molecular formula is C26H28N2O2. The first-order chi connectivity index (χ1) is 14.7. The number of para-hydroxylation sites is 1. The number of nitrogens with one attached hydrogen (secondary N) is 1. The van der Waals surface area contributed by atoms with Gasteiger partial charge in [0.15, 0.2) is 0 Å². The first kappa shape index (κ1) is 20.0. The molecule has 0 aliphatic carbocycles. The van der Waals surface area contributed by atoms with Gasteiger partial charge in [-0.1, -0.05) is 55.5 Å². The topological polar surface area (TPSA) is 47.2 Å². The molecule has 4 heteroatoms. The maximum Gasteiger partial charge on any atom is 0.221 e. The number of nitrogens with zero attached hydrogens (tertiary/aromatic N) is 1. The minimum atomic E-state index is -0.00907. The number of furan rings is 1. The van der Waals surface area contributed by atoms with Crippen LogP contribution in [-0.2, 0) is 24.3 Å². The maximum atomic E-state index is 12.9. The van der Waals surface area contributed by atoms with Crippen molar-refractivity contribution in [3.05, 3.63) is 95.6 Å².